The fourth-order valence-corrected chi connectivity index (χ4v) is 0.164. The first kappa shape index (κ1) is 10.8. The zero-order valence-corrected chi connectivity index (χ0v) is 4.13. The lowest BCUT2D eigenvalue weighted by Crippen LogP contribution is -2.10. The number of hydrogen-bond acceptors (Lipinski definition) is 2. The molecule has 0 spiro atoms. The van der Waals surface area contributed by atoms with Gasteiger partial charge in [0.1, 0.15) is 0 Å². The van der Waals surface area contributed by atoms with E-state index in [1.807, 2.05) is 0 Å². The molecule has 0 aliphatic heterocycles. The molecule has 0 atom stereocenters. The van der Waals surface area contributed by atoms with Gasteiger partial charge in [0, 0.05) is 12.2 Å². The Bertz CT molecular complexity index is 128. The van der Waals surface area contributed by atoms with Gasteiger partial charge in [-0.15, -0.1) is 0 Å². The van der Waals surface area contributed by atoms with E-state index in [1.54, 1.807) is 0 Å². The largest absolute Gasteiger partial charge is 0.366 e. The van der Waals surface area contributed by atoms with Crippen LogP contribution in [0.15, 0.2) is 12.2 Å². The molecular weight excluding hydrogens is 136 g/mol. The van der Waals surface area contributed by atoms with Gasteiger partial charge in [-0.3, -0.25) is 9.59 Å². The molecule has 0 fully saturated rings. The predicted octanol–water partition coefficient (Wildman–Crippen LogP) is -2.94. The lowest BCUT2D eigenvalue weighted by Gasteiger charge is -1.76. The maximum atomic E-state index is 9.83. The fourth-order valence-electron chi connectivity index (χ4n) is 0.164. The third-order valence-corrected chi connectivity index (χ3v) is 0.412. The van der Waals surface area contributed by atoms with Crippen LogP contribution in [0.5, 0.6) is 0 Å². The first-order chi connectivity index (χ1) is 3.63. The lowest BCUT2D eigenvalue weighted by atomic mass is 10.5. The molecule has 0 saturated carbocycles. The van der Waals surface area contributed by atoms with E-state index in [9.17, 15) is 9.59 Å². The van der Waals surface area contributed by atoms with Crippen molar-refractivity contribution in [1.29, 1.82) is 0 Å². The van der Waals surface area contributed by atoms with Crippen LogP contribution in [0.2, 0.25) is 0 Å². The summed E-state index contributed by atoms with van der Waals surface area (Å²) in [6, 6.07) is 0. The highest BCUT2D eigenvalue weighted by atomic mass is 28.1. The normalized spacial score (nSPS) is 8.44. The molecule has 0 saturated heterocycles. The van der Waals surface area contributed by atoms with Gasteiger partial charge >= 0.3 is 0 Å². The van der Waals surface area contributed by atoms with E-state index in [1.165, 1.54) is 0 Å². The Kier molecular flexibility index (Phi) is 6.05. The van der Waals surface area contributed by atoms with Gasteiger partial charge in [0.2, 0.25) is 11.8 Å². The molecule has 0 aromatic heterocycles. The second-order valence-electron chi connectivity index (χ2n) is 1.14. The zero-order valence-electron chi connectivity index (χ0n) is 4.13. The van der Waals surface area contributed by atoms with Gasteiger partial charge < -0.3 is 11.5 Å². The molecule has 0 aromatic carbocycles. The van der Waals surface area contributed by atoms with Gasteiger partial charge in [0.25, 0.3) is 0 Å². The van der Waals surface area contributed by atoms with Gasteiger partial charge in [-0.05, 0) is 11.0 Å². The Balaban J connectivity index is 0. The minimum absolute atomic E-state index is 0. The number of amides is 2. The SMILES string of the molecule is NC(=O)/C=C\C(N)=O.[SiH4]. The highest BCUT2D eigenvalue weighted by Gasteiger charge is 1.83. The van der Waals surface area contributed by atoms with Crippen molar-refractivity contribution in [3.05, 3.63) is 12.2 Å². The van der Waals surface area contributed by atoms with Crippen molar-refractivity contribution in [3.63, 3.8) is 0 Å². The van der Waals surface area contributed by atoms with Crippen molar-refractivity contribution in [2.75, 3.05) is 0 Å². The van der Waals surface area contributed by atoms with Crippen LogP contribution in [-0.2, 0) is 9.59 Å². The van der Waals surface area contributed by atoms with Crippen LogP contribution in [0.1, 0.15) is 0 Å². The van der Waals surface area contributed by atoms with E-state index >= 15 is 0 Å². The number of carbonyl (C=O) groups is 2. The van der Waals surface area contributed by atoms with Crippen molar-refractivity contribution in [3.8, 4) is 0 Å². The van der Waals surface area contributed by atoms with Gasteiger partial charge in [0.05, 0.1) is 0 Å². The van der Waals surface area contributed by atoms with E-state index in [4.69, 9.17) is 0 Å². The van der Waals surface area contributed by atoms with Crippen LogP contribution in [0.4, 0.5) is 0 Å². The maximum absolute atomic E-state index is 9.83. The molecule has 0 rings (SSSR count). The molecule has 0 bridgehead atoms. The van der Waals surface area contributed by atoms with E-state index in [0.29, 0.717) is 0 Å². The first-order valence-corrected chi connectivity index (χ1v) is 1.90. The molecule has 0 radical (unpaired) electrons. The van der Waals surface area contributed by atoms with Crippen molar-refractivity contribution in [1.82, 2.24) is 0 Å². The topological polar surface area (TPSA) is 86.2 Å². The van der Waals surface area contributed by atoms with E-state index in [2.05, 4.69) is 11.5 Å². The third-order valence-electron chi connectivity index (χ3n) is 0.412. The minimum atomic E-state index is -0.677. The molecule has 4 N–H and O–H groups in total. The average molecular weight is 146 g/mol. The average Bonchev–Trinajstić information content (AvgIpc) is 1.61. The number of primary amides is 2. The quantitative estimate of drug-likeness (QED) is 0.322. The summed E-state index contributed by atoms with van der Waals surface area (Å²) in [5.41, 5.74) is 9.21. The van der Waals surface area contributed by atoms with Crippen LogP contribution in [-0.4, -0.2) is 22.8 Å². The fraction of sp³-hybridized carbons (Fsp3) is 0. The second-order valence-corrected chi connectivity index (χ2v) is 1.14. The van der Waals surface area contributed by atoms with Crippen LogP contribution in [0.25, 0.3) is 0 Å². The molecular formula is C4H10N2O2Si. The summed E-state index contributed by atoms with van der Waals surface area (Å²) in [6.45, 7) is 0. The number of nitrogens with two attached hydrogens (primary N) is 2. The van der Waals surface area contributed by atoms with Crippen molar-refractivity contribution >= 4 is 22.8 Å². The molecule has 9 heavy (non-hydrogen) atoms. The smallest absolute Gasteiger partial charge is 0.241 e. The Morgan fingerprint density at radius 2 is 1.22 bits per heavy atom. The Labute approximate surface area is 56.9 Å². The highest BCUT2D eigenvalue weighted by Crippen LogP contribution is 1.65. The molecule has 0 aromatic rings. The Morgan fingerprint density at radius 3 is 1.33 bits per heavy atom. The summed E-state index contributed by atoms with van der Waals surface area (Å²) in [5, 5.41) is 0. The lowest BCUT2D eigenvalue weighted by molar-refractivity contribution is -0.115. The second kappa shape index (κ2) is 5.04. The molecule has 2 amide bonds. The van der Waals surface area contributed by atoms with Gasteiger partial charge in [-0.1, -0.05) is 0 Å². The molecule has 5 heteroatoms. The molecule has 0 aliphatic carbocycles. The van der Waals surface area contributed by atoms with Gasteiger partial charge in [-0.2, -0.15) is 0 Å². The van der Waals surface area contributed by atoms with E-state index in [-0.39, 0.29) is 11.0 Å². The molecule has 0 heterocycles. The summed E-state index contributed by atoms with van der Waals surface area (Å²) in [6.07, 6.45) is 1.81. The zero-order chi connectivity index (χ0) is 6.57. The van der Waals surface area contributed by atoms with Crippen LogP contribution >= 0.6 is 0 Å². The summed E-state index contributed by atoms with van der Waals surface area (Å²) < 4.78 is 0. The summed E-state index contributed by atoms with van der Waals surface area (Å²) in [4.78, 5) is 19.7. The minimum Gasteiger partial charge on any atom is -0.366 e. The first-order valence-electron chi connectivity index (χ1n) is 1.90. The summed E-state index contributed by atoms with van der Waals surface area (Å²) in [7, 11) is 0. The number of hydrogen-bond donors (Lipinski definition) is 2. The standard InChI is InChI=1S/C4H6N2O2.H4Si/c5-3(7)1-2-4(6)8;/h1-2H,(H2,5,7)(H2,6,8);1H4/b2-1-;. The molecule has 0 aliphatic rings. The maximum Gasteiger partial charge on any atom is 0.241 e. The van der Waals surface area contributed by atoms with Crippen molar-refractivity contribution < 1.29 is 9.59 Å². The van der Waals surface area contributed by atoms with Gasteiger partial charge in [-0.25, -0.2) is 0 Å². The van der Waals surface area contributed by atoms with E-state index in [0.717, 1.165) is 12.2 Å². The van der Waals surface area contributed by atoms with Crippen LogP contribution < -0.4 is 11.5 Å². The number of carbonyl (C=O) groups excluding carboxylic acids is 2. The molecule has 4 nitrogen and oxygen atoms in total. The molecule has 52 valence electrons. The summed E-state index contributed by atoms with van der Waals surface area (Å²) in [5.74, 6) is -1.35. The molecule has 0 unspecified atom stereocenters. The van der Waals surface area contributed by atoms with Gasteiger partial charge in [0.15, 0.2) is 0 Å². The van der Waals surface area contributed by atoms with Crippen molar-refractivity contribution in [2.24, 2.45) is 11.5 Å². The Hall–Kier alpha value is -1.10. The number of rotatable bonds is 2. The van der Waals surface area contributed by atoms with Crippen molar-refractivity contribution in [2.45, 2.75) is 0 Å². The highest BCUT2D eigenvalue weighted by molar-refractivity contribution is 5.95. The van der Waals surface area contributed by atoms with E-state index < -0.39 is 11.8 Å². The van der Waals surface area contributed by atoms with Crippen LogP contribution in [0.3, 0.4) is 0 Å². The monoisotopic (exact) mass is 146 g/mol. The van der Waals surface area contributed by atoms with Crippen LogP contribution in [0, 0.1) is 0 Å². The summed E-state index contributed by atoms with van der Waals surface area (Å²) >= 11 is 0. The Morgan fingerprint density at radius 1 is 1.00 bits per heavy atom. The predicted molar refractivity (Wildman–Crippen MR) is 38.9 cm³/mol. The third kappa shape index (κ3) is 10.9.